The fraction of sp³-hybridized carbons (Fsp3) is 0.952. The van der Waals surface area contributed by atoms with Crippen molar-refractivity contribution in [3.05, 3.63) is 0 Å². The maximum absolute atomic E-state index is 5.76. The van der Waals surface area contributed by atoms with Crippen LogP contribution in [0.2, 0.25) is 0 Å². The Morgan fingerprint density at radius 2 is 2.04 bits per heavy atom. The van der Waals surface area contributed by atoms with Crippen molar-refractivity contribution in [2.45, 2.75) is 58.6 Å². The summed E-state index contributed by atoms with van der Waals surface area (Å²) in [4.78, 5) is 7.22. The number of rotatable bonds is 12. The first-order valence-electron chi connectivity index (χ1n) is 11.2. The molecule has 2 aliphatic rings. The molecule has 0 aromatic heterocycles. The van der Waals surface area contributed by atoms with Crippen LogP contribution in [0.25, 0.3) is 0 Å². The third kappa shape index (κ3) is 10.0. The SMILES string of the molecule is CCNC(=NCCCOCC1CCOC1)NC1CCN(CCOC(C)C)CC1. The van der Waals surface area contributed by atoms with E-state index in [1.165, 1.54) is 0 Å². The van der Waals surface area contributed by atoms with E-state index in [-0.39, 0.29) is 0 Å². The van der Waals surface area contributed by atoms with E-state index in [0.29, 0.717) is 18.1 Å². The lowest BCUT2D eigenvalue weighted by Crippen LogP contribution is -2.49. The summed E-state index contributed by atoms with van der Waals surface area (Å²) in [6, 6.07) is 0.499. The van der Waals surface area contributed by atoms with Crippen LogP contribution in [-0.4, -0.2) is 88.8 Å². The van der Waals surface area contributed by atoms with E-state index in [9.17, 15) is 0 Å². The largest absolute Gasteiger partial charge is 0.381 e. The molecule has 2 aliphatic heterocycles. The minimum Gasteiger partial charge on any atom is -0.381 e. The highest BCUT2D eigenvalue weighted by Crippen LogP contribution is 2.12. The lowest BCUT2D eigenvalue weighted by atomic mass is 10.1. The normalized spacial score (nSPS) is 22.1. The number of guanidine groups is 1. The second kappa shape index (κ2) is 14.1. The van der Waals surface area contributed by atoms with Gasteiger partial charge in [0.1, 0.15) is 0 Å². The van der Waals surface area contributed by atoms with Gasteiger partial charge in [-0.05, 0) is 46.5 Å². The molecule has 0 saturated carbocycles. The molecular formula is C21H42N4O3. The van der Waals surface area contributed by atoms with Gasteiger partial charge in [0.05, 0.1) is 25.9 Å². The Bertz CT molecular complexity index is 420. The lowest BCUT2D eigenvalue weighted by molar-refractivity contribution is 0.0532. The molecule has 0 radical (unpaired) electrons. The zero-order valence-corrected chi connectivity index (χ0v) is 18.3. The molecule has 2 saturated heterocycles. The zero-order chi connectivity index (χ0) is 20.0. The van der Waals surface area contributed by atoms with Crippen molar-refractivity contribution in [2.75, 3.05) is 65.8 Å². The third-order valence-corrected chi connectivity index (χ3v) is 5.23. The topological polar surface area (TPSA) is 67.4 Å². The van der Waals surface area contributed by atoms with E-state index >= 15 is 0 Å². The minimum absolute atomic E-state index is 0.320. The molecule has 0 amide bonds. The van der Waals surface area contributed by atoms with Crippen LogP contribution >= 0.6 is 0 Å². The van der Waals surface area contributed by atoms with E-state index in [1.807, 2.05) is 0 Å². The van der Waals surface area contributed by atoms with Gasteiger partial charge < -0.3 is 29.7 Å². The Morgan fingerprint density at radius 3 is 2.71 bits per heavy atom. The van der Waals surface area contributed by atoms with Gasteiger partial charge in [0.15, 0.2) is 5.96 Å². The van der Waals surface area contributed by atoms with Gasteiger partial charge in [0.2, 0.25) is 0 Å². The summed E-state index contributed by atoms with van der Waals surface area (Å²) < 4.78 is 16.8. The highest BCUT2D eigenvalue weighted by atomic mass is 16.5. The van der Waals surface area contributed by atoms with Crippen LogP contribution in [0.1, 0.15) is 46.5 Å². The van der Waals surface area contributed by atoms with Gasteiger partial charge in [-0.1, -0.05) is 0 Å². The van der Waals surface area contributed by atoms with Crippen LogP contribution in [0.3, 0.4) is 0 Å². The monoisotopic (exact) mass is 398 g/mol. The number of nitrogens with zero attached hydrogens (tertiary/aromatic N) is 2. The van der Waals surface area contributed by atoms with E-state index in [0.717, 1.165) is 97.4 Å². The molecule has 0 aromatic carbocycles. The number of hydrogen-bond donors (Lipinski definition) is 2. The van der Waals surface area contributed by atoms with Crippen LogP contribution in [0.5, 0.6) is 0 Å². The third-order valence-electron chi connectivity index (χ3n) is 5.23. The molecule has 2 fully saturated rings. The van der Waals surface area contributed by atoms with E-state index in [1.54, 1.807) is 0 Å². The van der Waals surface area contributed by atoms with E-state index in [4.69, 9.17) is 19.2 Å². The maximum Gasteiger partial charge on any atom is 0.191 e. The quantitative estimate of drug-likeness (QED) is 0.297. The van der Waals surface area contributed by atoms with E-state index < -0.39 is 0 Å². The van der Waals surface area contributed by atoms with Crippen LogP contribution in [0.15, 0.2) is 4.99 Å². The van der Waals surface area contributed by atoms with Crippen molar-refractivity contribution in [3.63, 3.8) is 0 Å². The minimum atomic E-state index is 0.320. The zero-order valence-electron chi connectivity index (χ0n) is 18.3. The number of piperidine rings is 1. The van der Waals surface area contributed by atoms with Gasteiger partial charge >= 0.3 is 0 Å². The van der Waals surface area contributed by atoms with Gasteiger partial charge in [0.25, 0.3) is 0 Å². The van der Waals surface area contributed by atoms with Crippen molar-refractivity contribution in [1.82, 2.24) is 15.5 Å². The Kier molecular flexibility index (Phi) is 11.8. The highest BCUT2D eigenvalue weighted by molar-refractivity contribution is 5.80. The van der Waals surface area contributed by atoms with Gasteiger partial charge in [0, 0.05) is 57.9 Å². The Hall–Kier alpha value is -0.890. The fourth-order valence-electron chi connectivity index (χ4n) is 3.55. The lowest BCUT2D eigenvalue weighted by Gasteiger charge is -2.33. The fourth-order valence-corrected chi connectivity index (χ4v) is 3.55. The first-order chi connectivity index (χ1) is 13.7. The molecule has 164 valence electrons. The van der Waals surface area contributed by atoms with E-state index in [2.05, 4.69) is 36.3 Å². The van der Waals surface area contributed by atoms with Crippen molar-refractivity contribution in [1.29, 1.82) is 0 Å². The molecule has 0 aromatic rings. The smallest absolute Gasteiger partial charge is 0.191 e. The van der Waals surface area contributed by atoms with Crippen LogP contribution < -0.4 is 10.6 Å². The first kappa shape index (κ1) is 23.4. The molecule has 7 nitrogen and oxygen atoms in total. The summed E-state index contributed by atoms with van der Waals surface area (Å²) >= 11 is 0. The molecule has 2 rings (SSSR count). The van der Waals surface area contributed by atoms with Gasteiger partial charge in [-0.25, -0.2) is 0 Å². The van der Waals surface area contributed by atoms with Gasteiger partial charge in [-0.2, -0.15) is 0 Å². The predicted molar refractivity (Wildman–Crippen MR) is 114 cm³/mol. The number of hydrogen-bond acceptors (Lipinski definition) is 5. The first-order valence-corrected chi connectivity index (χ1v) is 11.2. The molecule has 0 aliphatic carbocycles. The molecule has 0 spiro atoms. The Morgan fingerprint density at radius 1 is 1.21 bits per heavy atom. The molecule has 7 heteroatoms. The maximum atomic E-state index is 5.76. The molecule has 28 heavy (non-hydrogen) atoms. The van der Waals surface area contributed by atoms with Crippen LogP contribution in [-0.2, 0) is 14.2 Å². The molecular weight excluding hydrogens is 356 g/mol. The Balaban J connectivity index is 1.57. The standard InChI is InChI=1S/C21H42N4O3/c1-4-22-21(23-9-5-13-26-16-19-8-14-27-17-19)24-20-6-10-25(11-7-20)12-15-28-18(2)3/h18-20H,4-17H2,1-3H3,(H2,22,23,24). The Labute approximate surface area is 171 Å². The van der Waals surface area contributed by atoms with Gasteiger partial charge in [-0.15, -0.1) is 0 Å². The number of likely N-dealkylation sites (tertiary alicyclic amines) is 1. The summed E-state index contributed by atoms with van der Waals surface area (Å²) in [7, 11) is 0. The molecule has 2 N–H and O–H groups in total. The molecule has 0 bridgehead atoms. The highest BCUT2D eigenvalue weighted by Gasteiger charge is 2.20. The average Bonchev–Trinajstić information content (AvgIpc) is 3.19. The summed E-state index contributed by atoms with van der Waals surface area (Å²) in [5, 5.41) is 6.98. The number of aliphatic imine (C=N–C) groups is 1. The van der Waals surface area contributed by atoms with Crippen molar-refractivity contribution in [2.24, 2.45) is 10.9 Å². The summed E-state index contributed by atoms with van der Waals surface area (Å²) in [6.07, 6.45) is 4.71. The second-order valence-electron chi connectivity index (χ2n) is 8.10. The summed E-state index contributed by atoms with van der Waals surface area (Å²) in [5.74, 6) is 1.53. The second-order valence-corrected chi connectivity index (χ2v) is 8.10. The van der Waals surface area contributed by atoms with Crippen molar-refractivity contribution >= 4 is 5.96 Å². The summed E-state index contributed by atoms with van der Waals surface area (Å²) in [5.41, 5.74) is 0. The predicted octanol–water partition coefficient (Wildman–Crippen LogP) is 1.87. The van der Waals surface area contributed by atoms with Crippen LogP contribution in [0.4, 0.5) is 0 Å². The summed E-state index contributed by atoms with van der Waals surface area (Å²) in [6.45, 7) is 15.4. The van der Waals surface area contributed by atoms with Crippen molar-refractivity contribution < 1.29 is 14.2 Å². The molecule has 2 heterocycles. The molecule has 1 atom stereocenters. The average molecular weight is 399 g/mol. The van der Waals surface area contributed by atoms with Crippen LogP contribution in [0, 0.1) is 5.92 Å². The number of nitrogens with one attached hydrogen (secondary N) is 2. The molecule has 1 unspecified atom stereocenters. The number of ether oxygens (including phenoxy) is 3. The van der Waals surface area contributed by atoms with Gasteiger partial charge in [-0.3, -0.25) is 4.99 Å². The van der Waals surface area contributed by atoms with Crippen molar-refractivity contribution in [3.8, 4) is 0 Å².